The summed E-state index contributed by atoms with van der Waals surface area (Å²) in [6, 6.07) is 0. The zero-order valence-corrected chi connectivity index (χ0v) is 7.56. The highest BCUT2D eigenvalue weighted by Crippen LogP contribution is 2.18. The van der Waals surface area contributed by atoms with Crippen LogP contribution in [0.4, 0.5) is 0 Å². The Hall–Kier alpha value is -0.670. The van der Waals surface area contributed by atoms with Crippen LogP contribution < -0.4 is 0 Å². The van der Waals surface area contributed by atoms with Crippen molar-refractivity contribution >= 4 is 11.6 Å². The van der Waals surface area contributed by atoms with Crippen LogP contribution in [0.25, 0.3) is 0 Å². The Morgan fingerprint density at radius 2 is 2.25 bits per heavy atom. The molecule has 0 fully saturated rings. The minimum absolute atomic E-state index is 0.341. The average molecular weight is 185 g/mol. The molecule has 64 valence electrons. The van der Waals surface area contributed by atoms with Crippen molar-refractivity contribution in [1.82, 2.24) is 9.97 Å². The predicted molar refractivity (Wildman–Crippen MR) is 45.1 cm³/mol. The Morgan fingerprint density at radius 3 is 3.08 bits per heavy atom. The molecule has 1 aromatic heterocycles. The fourth-order valence-electron chi connectivity index (χ4n) is 1.36. The van der Waals surface area contributed by atoms with Crippen molar-refractivity contribution in [2.75, 3.05) is 6.61 Å². The first-order valence-corrected chi connectivity index (χ1v) is 4.25. The van der Waals surface area contributed by atoms with E-state index in [9.17, 15) is 0 Å². The zero-order chi connectivity index (χ0) is 8.55. The van der Waals surface area contributed by atoms with Gasteiger partial charge in [-0.3, -0.25) is 0 Å². The topological polar surface area (TPSA) is 35.0 Å². The van der Waals surface area contributed by atoms with E-state index >= 15 is 0 Å². The molecule has 0 unspecified atom stereocenters. The van der Waals surface area contributed by atoms with Crippen molar-refractivity contribution in [2.24, 2.45) is 0 Å². The number of ether oxygens (including phenoxy) is 1. The Labute approximate surface area is 75.7 Å². The summed E-state index contributed by atoms with van der Waals surface area (Å²) in [4.78, 5) is 8.21. The van der Waals surface area contributed by atoms with Crippen molar-refractivity contribution in [3.05, 3.63) is 22.2 Å². The van der Waals surface area contributed by atoms with Crippen LogP contribution in [-0.2, 0) is 17.8 Å². The maximum Gasteiger partial charge on any atom is 0.222 e. The van der Waals surface area contributed by atoms with Gasteiger partial charge in [-0.05, 0) is 18.5 Å². The standard InChI is InChI=1S/C8H9ClN2O/c1-5-6-4-12-3-2-7(6)11-8(9)10-5/h2-4H2,1H3. The Morgan fingerprint density at radius 1 is 1.42 bits per heavy atom. The molecule has 0 bridgehead atoms. The van der Waals surface area contributed by atoms with Crippen LogP contribution in [0, 0.1) is 6.92 Å². The molecular weight excluding hydrogens is 176 g/mol. The third kappa shape index (κ3) is 1.30. The van der Waals surface area contributed by atoms with Crippen molar-refractivity contribution < 1.29 is 4.74 Å². The molecule has 0 atom stereocenters. The number of hydrogen-bond acceptors (Lipinski definition) is 3. The third-order valence-electron chi connectivity index (χ3n) is 2.00. The summed E-state index contributed by atoms with van der Waals surface area (Å²) in [5, 5.41) is 0.341. The van der Waals surface area contributed by atoms with Crippen LogP contribution in [0.15, 0.2) is 0 Å². The minimum atomic E-state index is 0.341. The van der Waals surface area contributed by atoms with Gasteiger partial charge in [0.25, 0.3) is 0 Å². The molecule has 0 N–H and O–H groups in total. The van der Waals surface area contributed by atoms with E-state index in [0.29, 0.717) is 11.9 Å². The number of halogens is 1. The molecular formula is C8H9ClN2O. The van der Waals surface area contributed by atoms with Gasteiger partial charge < -0.3 is 4.74 Å². The summed E-state index contributed by atoms with van der Waals surface area (Å²) < 4.78 is 5.29. The van der Waals surface area contributed by atoms with E-state index < -0.39 is 0 Å². The number of rotatable bonds is 0. The highest BCUT2D eigenvalue weighted by atomic mass is 35.5. The van der Waals surface area contributed by atoms with Crippen LogP contribution in [0.3, 0.4) is 0 Å². The van der Waals surface area contributed by atoms with E-state index in [4.69, 9.17) is 16.3 Å². The molecule has 4 heteroatoms. The summed E-state index contributed by atoms with van der Waals surface area (Å²) in [5.74, 6) is 0. The highest BCUT2D eigenvalue weighted by Gasteiger charge is 2.14. The maximum atomic E-state index is 5.72. The van der Waals surface area contributed by atoms with Gasteiger partial charge in [0.2, 0.25) is 5.28 Å². The molecule has 3 nitrogen and oxygen atoms in total. The van der Waals surface area contributed by atoms with E-state index in [1.807, 2.05) is 6.92 Å². The smallest absolute Gasteiger partial charge is 0.222 e. The molecule has 0 saturated heterocycles. The van der Waals surface area contributed by atoms with Crippen LogP contribution in [-0.4, -0.2) is 16.6 Å². The van der Waals surface area contributed by atoms with Crippen molar-refractivity contribution in [3.8, 4) is 0 Å². The molecule has 0 saturated carbocycles. The quantitative estimate of drug-likeness (QED) is 0.574. The van der Waals surface area contributed by atoms with Crippen molar-refractivity contribution in [3.63, 3.8) is 0 Å². The van der Waals surface area contributed by atoms with E-state index in [0.717, 1.165) is 30.0 Å². The molecule has 2 rings (SSSR count). The Bertz CT molecular complexity index is 314. The first-order valence-electron chi connectivity index (χ1n) is 3.87. The second kappa shape index (κ2) is 2.99. The Balaban J connectivity index is 2.53. The second-order valence-electron chi connectivity index (χ2n) is 2.81. The van der Waals surface area contributed by atoms with Gasteiger partial charge in [0.05, 0.1) is 18.9 Å². The van der Waals surface area contributed by atoms with Gasteiger partial charge in [0, 0.05) is 17.7 Å². The van der Waals surface area contributed by atoms with Crippen molar-refractivity contribution in [1.29, 1.82) is 0 Å². The lowest BCUT2D eigenvalue weighted by molar-refractivity contribution is 0.108. The van der Waals surface area contributed by atoms with Gasteiger partial charge >= 0.3 is 0 Å². The number of nitrogens with zero attached hydrogens (tertiary/aromatic N) is 2. The molecule has 0 aliphatic carbocycles. The Kier molecular flexibility index (Phi) is 1.98. The number of fused-ring (bicyclic) bond motifs is 1. The molecule has 2 heterocycles. The van der Waals surface area contributed by atoms with Crippen molar-refractivity contribution in [2.45, 2.75) is 20.0 Å². The van der Waals surface area contributed by atoms with Gasteiger partial charge in [0.1, 0.15) is 0 Å². The summed E-state index contributed by atoms with van der Waals surface area (Å²) in [7, 11) is 0. The number of aryl methyl sites for hydroxylation is 1. The van der Waals surface area contributed by atoms with Crippen LogP contribution in [0.1, 0.15) is 17.0 Å². The van der Waals surface area contributed by atoms with Gasteiger partial charge in [-0.2, -0.15) is 0 Å². The summed E-state index contributed by atoms with van der Waals surface area (Å²) in [6.45, 7) is 3.29. The lowest BCUT2D eigenvalue weighted by atomic mass is 10.1. The first kappa shape index (κ1) is 7.95. The third-order valence-corrected chi connectivity index (χ3v) is 2.17. The van der Waals surface area contributed by atoms with E-state index in [2.05, 4.69) is 9.97 Å². The average Bonchev–Trinajstić information content (AvgIpc) is 2.04. The van der Waals surface area contributed by atoms with E-state index in [1.165, 1.54) is 0 Å². The lowest BCUT2D eigenvalue weighted by Gasteiger charge is -2.16. The molecule has 12 heavy (non-hydrogen) atoms. The molecule has 0 radical (unpaired) electrons. The fraction of sp³-hybridized carbons (Fsp3) is 0.500. The monoisotopic (exact) mass is 184 g/mol. The summed E-state index contributed by atoms with van der Waals surface area (Å²) in [6.07, 6.45) is 0.846. The highest BCUT2D eigenvalue weighted by molar-refractivity contribution is 6.28. The zero-order valence-electron chi connectivity index (χ0n) is 6.80. The van der Waals surface area contributed by atoms with Gasteiger partial charge in [-0.1, -0.05) is 0 Å². The first-order chi connectivity index (χ1) is 5.77. The largest absolute Gasteiger partial charge is 0.376 e. The molecule has 0 spiro atoms. The fourth-order valence-corrected chi connectivity index (χ4v) is 1.58. The molecule has 1 aliphatic rings. The predicted octanol–water partition coefficient (Wildman–Crippen LogP) is 1.51. The van der Waals surface area contributed by atoms with Gasteiger partial charge in [0.15, 0.2) is 0 Å². The van der Waals surface area contributed by atoms with Gasteiger partial charge in [-0.15, -0.1) is 0 Å². The summed E-state index contributed by atoms with van der Waals surface area (Å²) >= 11 is 5.72. The number of hydrogen-bond donors (Lipinski definition) is 0. The van der Waals surface area contributed by atoms with Crippen LogP contribution >= 0.6 is 11.6 Å². The molecule has 1 aromatic rings. The number of aromatic nitrogens is 2. The lowest BCUT2D eigenvalue weighted by Crippen LogP contribution is -2.14. The molecule has 0 amide bonds. The van der Waals surface area contributed by atoms with E-state index in [1.54, 1.807) is 0 Å². The maximum absolute atomic E-state index is 5.72. The minimum Gasteiger partial charge on any atom is -0.376 e. The summed E-state index contributed by atoms with van der Waals surface area (Å²) in [5.41, 5.74) is 3.08. The SMILES string of the molecule is Cc1nc(Cl)nc2c1COCC2. The van der Waals surface area contributed by atoms with E-state index in [-0.39, 0.29) is 0 Å². The van der Waals surface area contributed by atoms with Crippen LogP contribution in [0.5, 0.6) is 0 Å². The van der Waals surface area contributed by atoms with Gasteiger partial charge in [-0.25, -0.2) is 9.97 Å². The molecule has 1 aliphatic heterocycles. The molecule has 0 aromatic carbocycles. The van der Waals surface area contributed by atoms with Crippen LogP contribution in [0.2, 0.25) is 5.28 Å². The second-order valence-corrected chi connectivity index (χ2v) is 3.14. The normalized spacial score (nSPS) is 15.8.